The fourth-order valence-corrected chi connectivity index (χ4v) is 2.50. The van der Waals surface area contributed by atoms with Crippen LogP contribution in [0.25, 0.3) is 0 Å². The topological polar surface area (TPSA) is 21.3 Å². The molecule has 6 heteroatoms. The lowest BCUT2D eigenvalue weighted by molar-refractivity contribution is -0.140. The van der Waals surface area contributed by atoms with E-state index in [1.807, 2.05) is 0 Å². The lowest BCUT2D eigenvalue weighted by Gasteiger charge is -2.14. The Morgan fingerprint density at radius 3 is 2.65 bits per heavy atom. The fraction of sp³-hybridized carbons (Fsp3) is 0.571. The van der Waals surface area contributed by atoms with Gasteiger partial charge in [0, 0.05) is 19.7 Å². The second-order valence-electron chi connectivity index (χ2n) is 5.06. The van der Waals surface area contributed by atoms with Crippen molar-refractivity contribution in [1.82, 2.24) is 5.32 Å². The first-order valence-corrected chi connectivity index (χ1v) is 6.52. The number of hydrogen-bond donors (Lipinski definition) is 1. The molecular weight excluding hydrogens is 274 g/mol. The molecule has 1 aliphatic carbocycles. The Morgan fingerprint density at radius 2 is 2.05 bits per heavy atom. The van der Waals surface area contributed by atoms with E-state index in [2.05, 4.69) is 5.32 Å². The third kappa shape index (κ3) is 3.70. The van der Waals surface area contributed by atoms with Crippen molar-refractivity contribution < 1.29 is 22.3 Å². The molecule has 0 heterocycles. The van der Waals surface area contributed by atoms with E-state index in [0.29, 0.717) is 12.1 Å². The number of benzene rings is 1. The van der Waals surface area contributed by atoms with Gasteiger partial charge in [-0.05, 0) is 37.0 Å². The molecule has 0 aliphatic heterocycles. The van der Waals surface area contributed by atoms with Crippen molar-refractivity contribution in [2.24, 2.45) is 0 Å². The second-order valence-corrected chi connectivity index (χ2v) is 5.06. The monoisotopic (exact) mass is 291 g/mol. The molecule has 20 heavy (non-hydrogen) atoms. The molecule has 0 radical (unpaired) electrons. The minimum Gasteiger partial charge on any atom is -0.381 e. The maximum absolute atomic E-state index is 13.1. The first-order chi connectivity index (χ1) is 9.40. The Labute approximate surface area is 115 Å². The van der Waals surface area contributed by atoms with Gasteiger partial charge in [-0.3, -0.25) is 0 Å². The largest absolute Gasteiger partial charge is 0.419 e. The van der Waals surface area contributed by atoms with Crippen LogP contribution in [0.1, 0.15) is 30.4 Å². The van der Waals surface area contributed by atoms with Gasteiger partial charge in [-0.25, -0.2) is 4.39 Å². The van der Waals surface area contributed by atoms with Gasteiger partial charge in [0.1, 0.15) is 5.82 Å². The minimum atomic E-state index is -4.66. The Balaban J connectivity index is 1.97. The van der Waals surface area contributed by atoms with Gasteiger partial charge in [0.25, 0.3) is 0 Å². The van der Waals surface area contributed by atoms with Crippen LogP contribution < -0.4 is 5.32 Å². The summed E-state index contributed by atoms with van der Waals surface area (Å²) in [5.74, 6) is -1.23. The number of nitrogens with one attached hydrogen (secondary N) is 1. The Morgan fingerprint density at radius 1 is 1.30 bits per heavy atom. The van der Waals surface area contributed by atoms with E-state index in [-0.39, 0.29) is 12.1 Å². The van der Waals surface area contributed by atoms with E-state index >= 15 is 0 Å². The van der Waals surface area contributed by atoms with Gasteiger partial charge in [-0.2, -0.15) is 13.2 Å². The van der Waals surface area contributed by atoms with Gasteiger partial charge in [-0.15, -0.1) is 0 Å². The molecule has 1 aromatic rings. The number of methoxy groups -OCH3 is 1. The van der Waals surface area contributed by atoms with Gasteiger partial charge >= 0.3 is 6.18 Å². The molecule has 2 nitrogen and oxygen atoms in total. The molecule has 1 saturated carbocycles. The number of alkyl halides is 3. The molecule has 0 spiro atoms. The Bertz CT molecular complexity index is 461. The molecule has 1 N–H and O–H groups in total. The highest BCUT2D eigenvalue weighted by Gasteiger charge is 2.34. The highest BCUT2D eigenvalue weighted by Crippen LogP contribution is 2.32. The van der Waals surface area contributed by atoms with Crippen LogP contribution in [-0.4, -0.2) is 19.3 Å². The molecule has 112 valence electrons. The summed E-state index contributed by atoms with van der Waals surface area (Å²) in [5.41, 5.74) is -0.780. The van der Waals surface area contributed by atoms with Crippen molar-refractivity contribution in [2.45, 2.75) is 44.1 Å². The summed E-state index contributed by atoms with van der Waals surface area (Å²) in [6, 6.07) is 3.34. The summed E-state index contributed by atoms with van der Waals surface area (Å²) in [5, 5.41) is 3.19. The molecule has 2 unspecified atom stereocenters. The zero-order valence-corrected chi connectivity index (χ0v) is 11.1. The maximum atomic E-state index is 13.1. The molecule has 2 rings (SSSR count). The summed E-state index contributed by atoms with van der Waals surface area (Å²) >= 11 is 0. The Hall–Kier alpha value is -1.14. The van der Waals surface area contributed by atoms with Crippen LogP contribution in [0.2, 0.25) is 0 Å². The van der Waals surface area contributed by atoms with E-state index in [1.165, 1.54) is 6.07 Å². The molecule has 0 aromatic heterocycles. The summed E-state index contributed by atoms with van der Waals surface area (Å²) in [6.07, 6.45) is -1.71. The van der Waals surface area contributed by atoms with Crippen LogP contribution in [0.3, 0.4) is 0 Å². The molecular formula is C14H17F4NO. The lowest BCUT2D eigenvalue weighted by atomic mass is 10.1. The Kier molecular flexibility index (Phi) is 4.65. The van der Waals surface area contributed by atoms with Crippen LogP contribution in [0.15, 0.2) is 18.2 Å². The SMILES string of the molecule is COC1CCC(NCc2ccc(F)c(C(F)(F)F)c2)C1. The first kappa shape index (κ1) is 15.3. The molecule has 0 bridgehead atoms. The highest BCUT2D eigenvalue weighted by atomic mass is 19.4. The lowest BCUT2D eigenvalue weighted by Crippen LogP contribution is -2.26. The third-order valence-electron chi connectivity index (χ3n) is 3.65. The third-order valence-corrected chi connectivity index (χ3v) is 3.65. The van der Waals surface area contributed by atoms with E-state index in [0.717, 1.165) is 31.4 Å². The van der Waals surface area contributed by atoms with Crippen LogP contribution in [-0.2, 0) is 17.5 Å². The van der Waals surface area contributed by atoms with Gasteiger partial charge in [0.05, 0.1) is 11.7 Å². The predicted molar refractivity (Wildman–Crippen MR) is 66.7 cm³/mol. The zero-order valence-electron chi connectivity index (χ0n) is 11.1. The van der Waals surface area contributed by atoms with Gasteiger partial charge in [-0.1, -0.05) is 6.07 Å². The van der Waals surface area contributed by atoms with E-state index in [9.17, 15) is 17.6 Å². The fourth-order valence-electron chi connectivity index (χ4n) is 2.50. The van der Waals surface area contributed by atoms with Crippen LogP contribution in [0, 0.1) is 5.82 Å². The number of ether oxygens (including phenoxy) is 1. The van der Waals surface area contributed by atoms with Crippen molar-refractivity contribution in [3.05, 3.63) is 35.1 Å². The quantitative estimate of drug-likeness (QED) is 0.857. The molecule has 0 amide bonds. The normalized spacial score (nSPS) is 23.2. The summed E-state index contributed by atoms with van der Waals surface area (Å²) in [4.78, 5) is 0. The molecule has 0 saturated heterocycles. The maximum Gasteiger partial charge on any atom is 0.419 e. The molecule has 1 fully saturated rings. The second kappa shape index (κ2) is 6.10. The van der Waals surface area contributed by atoms with Gasteiger partial charge in [0.15, 0.2) is 0 Å². The first-order valence-electron chi connectivity index (χ1n) is 6.52. The van der Waals surface area contributed by atoms with Crippen molar-refractivity contribution in [1.29, 1.82) is 0 Å². The standard InChI is InChI=1S/C14H17F4NO/c1-20-11-4-3-10(7-11)19-8-9-2-5-13(15)12(6-9)14(16,17)18/h2,5-6,10-11,19H,3-4,7-8H2,1H3. The van der Waals surface area contributed by atoms with Crippen LogP contribution in [0.4, 0.5) is 17.6 Å². The molecule has 1 aliphatic rings. The molecule has 2 atom stereocenters. The van der Waals surface area contributed by atoms with Crippen LogP contribution in [0.5, 0.6) is 0 Å². The summed E-state index contributed by atoms with van der Waals surface area (Å²) in [7, 11) is 1.66. The van der Waals surface area contributed by atoms with E-state index in [1.54, 1.807) is 7.11 Å². The van der Waals surface area contributed by atoms with Gasteiger partial charge in [0.2, 0.25) is 0 Å². The van der Waals surface area contributed by atoms with Crippen molar-refractivity contribution in [3.63, 3.8) is 0 Å². The van der Waals surface area contributed by atoms with Gasteiger partial charge < -0.3 is 10.1 Å². The number of hydrogen-bond acceptors (Lipinski definition) is 2. The van der Waals surface area contributed by atoms with Crippen molar-refractivity contribution in [3.8, 4) is 0 Å². The zero-order chi connectivity index (χ0) is 14.8. The smallest absolute Gasteiger partial charge is 0.381 e. The molecule has 1 aromatic carbocycles. The highest BCUT2D eigenvalue weighted by molar-refractivity contribution is 5.27. The van der Waals surface area contributed by atoms with Crippen molar-refractivity contribution in [2.75, 3.05) is 7.11 Å². The number of rotatable bonds is 4. The van der Waals surface area contributed by atoms with E-state index < -0.39 is 17.6 Å². The van der Waals surface area contributed by atoms with Crippen LogP contribution >= 0.6 is 0 Å². The number of halogens is 4. The van der Waals surface area contributed by atoms with E-state index in [4.69, 9.17) is 4.74 Å². The minimum absolute atomic E-state index is 0.214. The predicted octanol–water partition coefficient (Wildman–Crippen LogP) is 3.50. The average Bonchev–Trinajstić information content (AvgIpc) is 2.84. The summed E-state index contributed by atoms with van der Waals surface area (Å²) in [6.45, 7) is 0.296. The average molecular weight is 291 g/mol. The summed E-state index contributed by atoms with van der Waals surface area (Å²) < 4.78 is 56.2. The van der Waals surface area contributed by atoms with Crippen molar-refractivity contribution >= 4 is 0 Å².